The van der Waals surface area contributed by atoms with Gasteiger partial charge in [-0.25, -0.2) is 22.6 Å². The highest BCUT2D eigenvalue weighted by Crippen LogP contribution is 2.46. The van der Waals surface area contributed by atoms with Gasteiger partial charge in [0.05, 0.1) is 11.8 Å². The molecule has 4 amide bonds. The van der Waals surface area contributed by atoms with Crippen LogP contribution >= 0.6 is 0 Å². The minimum absolute atomic E-state index is 0.0331. The van der Waals surface area contributed by atoms with Crippen LogP contribution in [0, 0.1) is 18.7 Å². The monoisotopic (exact) mass is 844 g/mol. The van der Waals surface area contributed by atoms with Gasteiger partial charge in [0.1, 0.15) is 46.2 Å². The number of halogens is 1. The second-order valence-corrected chi connectivity index (χ2v) is 19.3. The van der Waals surface area contributed by atoms with Crippen LogP contribution in [0.25, 0.3) is 33.5 Å². The maximum Gasteiger partial charge on any atom is 0.408 e. The first kappa shape index (κ1) is 41.2. The van der Waals surface area contributed by atoms with Gasteiger partial charge in [-0.2, -0.15) is 4.98 Å². The zero-order valence-electron chi connectivity index (χ0n) is 34.0. The van der Waals surface area contributed by atoms with Gasteiger partial charge in [0.2, 0.25) is 27.4 Å². The average Bonchev–Trinajstić information content (AvgIpc) is 4.08. The van der Waals surface area contributed by atoms with Crippen molar-refractivity contribution in [3.63, 3.8) is 0 Å². The summed E-state index contributed by atoms with van der Waals surface area (Å²) in [5.41, 5.74) is 0.258. The van der Waals surface area contributed by atoms with Crippen molar-refractivity contribution in [3.05, 3.63) is 66.0 Å². The number of allylic oxidation sites excluding steroid dienone is 1. The van der Waals surface area contributed by atoms with Crippen LogP contribution in [0.15, 0.2) is 59.0 Å². The van der Waals surface area contributed by atoms with Crippen LogP contribution < -0.4 is 20.1 Å². The molecule has 0 unspecified atom stereocenters. The number of hydrogen-bond acceptors (Lipinski definition) is 11. The molecule has 2 aromatic heterocycles. The van der Waals surface area contributed by atoms with Gasteiger partial charge in [-0.3, -0.25) is 19.1 Å². The van der Waals surface area contributed by atoms with E-state index in [-0.39, 0.29) is 43.1 Å². The Morgan fingerprint density at radius 1 is 1.03 bits per heavy atom. The normalized spacial score (nSPS) is 25.6. The Morgan fingerprint density at radius 2 is 1.80 bits per heavy atom. The number of carbonyl (C=O) groups is 4. The van der Waals surface area contributed by atoms with E-state index in [0.717, 1.165) is 18.4 Å². The van der Waals surface area contributed by atoms with Crippen molar-refractivity contribution in [2.75, 3.05) is 6.54 Å². The van der Waals surface area contributed by atoms with Gasteiger partial charge in [-0.1, -0.05) is 36.6 Å². The van der Waals surface area contributed by atoms with Gasteiger partial charge in [0, 0.05) is 23.3 Å². The molecule has 4 heterocycles. The van der Waals surface area contributed by atoms with Crippen molar-refractivity contribution in [1.29, 1.82) is 0 Å². The summed E-state index contributed by atoms with van der Waals surface area (Å²) >= 11 is 0. The largest absolute Gasteiger partial charge is 0.470 e. The van der Waals surface area contributed by atoms with E-state index in [1.54, 1.807) is 32.9 Å². The number of carbonyl (C=O) groups excluding carboxylic acids is 4. The van der Waals surface area contributed by atoms with Crippen LogP contribution in [0.1, 0.15) is 84.1 Å². The summed E-state index contributed by atoms with van der Waals surface area (Å²) in [5.74, 6) is -2.72. The van der Waals surface area contributed by atoms with Crippen molar-refractivity contribution < 1.29 is 45.9 Å². The first-order valence-electron chi connectivity index (χ1n) is 20.5. The number of aryl methyl sites for hydroxylation is 1. The Labute approximate surface area is 346 Å². The van der Waals surface area contributed by atoms with Crippen molar-refractivity contribution in [1.82, 2.24) is 30.2 Å². The first-order valence-corrected chi connectivity index (χ1v) is 22.0. The molecule has 2 saturated carbocycles. The number of furan rings is 1. The van der Waals surface area contributed by atoms with Gasteiger partial charge in [-0.15, -0.1) is 0 Å². The van der Waals surface area contributed by atoms with Gasteiger partial charge in [0.15, 0.2) is 5.82 Å². The van der Waals surface area contributed by atoms with Gasteiger partial charge < -0.3 is 29.4 Å². The molecule has 8 rings (SSSR count). The van der Waals surface area contributed by atoms with Crippen LogP contribution in [0.3, 0.4) is 0 Å². The van der Waals surface area contributed by atoms with E-state index < -0.39 is 80.2 Å². The zero-order valence-corrected chi connectivity index (χ0v) is 34.8. The van der Waals surface area contributed by atoms with Crippen LogP contribution in [0.5, 0.6) is 5.88 Å². The Bertz CT molecular complexity index is 2500. The maximum absolute atomic E-state index is 14.7. The van der Waals surface area contributed by atoms with E-state index in [0.29, 0.717) is 47.7 Å². The van der Waals surface area contributed by atoms with E-state index in [4.69, 9.17) is 23.9 Å². The van der Waals surface area contributed by atoms with Crippen LogP contribution in [0.2, 0.25) is 0 Å². The molecule has 1 saturated heterocycles. The summed E-state index contributed by atoms with van der Waals surface area (Å²) in [5, 5.41) is 5.64. The smallest absolute Gasteiger partial charge is 0.408 e. The number of fused-ring (bicyclic) bond motifs is 5. The molecular weight excluding hydrogens is 796 g/mol. The number of aromatic nitrogens is 2. The second-order valence-electron chi connectivity index (χ2n) is 17.3. The van der Waals surface area contributed by atoms with Crippen LogP contribution in [-0.4, -0.2) is 88.2 Å². The standard InChI is InChI=1S/C43H49FN6O9S/c1-24-12-19-33-30(20-24)34-35(58-33)38(47-36(46-34)25-13-15-27(44)16-14-25)57-28-21-32-37(51)48-43(40(53)49-60(55,56)29-17-18-29)22-26(43)10-8-6-5-7-9-11-31(39(52)50(32)23-28)45-41(54)59-42(2,3)4/h8,10,12-16,19-20,26,28-29,31-32H,5-7,9,11,17-18,21-23H2,1-4H3,(H,45,54)(H,48,51)(H,49,53)/b10-8-/t26-,28-,31+,32+,43-/m1/s1. The summed E-state index contributed by atoms with van der Waals surface area (Å²) in [6, 6.07) is 9.02. The Balaban J connectivity index is 1.15. The Hall–Kier alpha value is -5.58. The third-order valence-electron chi connectivity index (χ3n) is 11.4. The second kappa shape index (κ2) is 15.8. The number of sulfonamides is 1. The minimum atomic E-state index is -3.94. The van der Waals surface area contributed by atoms with Gasteiger partial charge in [0.25, 0.3) is 11.8 Å². The maximum atomic E-state index is 14.7. The molecule has 15 nitrogen and oxygen atoms in total. The van der Waals surface area contributed by atoms with E-state index in [9.17, 15) is 32.0 Å². The highest BCUT2D eigenvalue weighted by atomic mass is 32.2. The number of amides is 4. The lowest BCUT2D eigenvalue weighted by molar-refractivity contribution is -0.141. The quantitative estimate of drug-likeness (QED) is 0.192. The first-order chi connectivity index (χ1) is 28.5. The summed E-state index contributed by atoms with van der Waals surface area (Å²) in [7, 11) is -3.94. The number of benzene rings is 2. The SMILES string of the molecule is Cc1ccc2oc3c(O[C@@H]4C[C@H]5C(=O)N[C@]6(C(=O)NS(=O)(=O)C7CC7)C[C@H]6/C=C\CCCCC[C@H](NC(=O)OC(C)(C)C)C(=O)N5C4)nc(-c4ccc(F)cc4)nc3c2c1. The third kappa shape index (κ3) is 8.67. The lowest BCUT2D eigenvalue weighted by atomic mass is 10.0. The fourth-order valence-corrected chi connectivity index (χ4v) is 9.36. The molecule has 3 N–H and O–H groups in total. The molecule has 0 radical (unpaired) electrons. The van der Waals surface area contributed by atoms with E-state index in [1.807, 2.05) is 37.3 Å². The lowest BCUT2D eigenvalue weighted by Gasteiger charge is -2.30. The molecule has 4 aromatic rings. The minimum Gasteiger partial charge on any atom is -0.470 e. The zero-order chi connectivity index (χ0) is 42.6. The summed E-state index contributed by atoms with van der Waals surface area (Å²) in [6.45, 7) is 6.94. The molecule has 0 spiro atoms. The molecule has 60 heavy (non-hydrogen) atoms. The average molecular weight is 845 g/mol. The number of hydrogen-bond donors (Lipinski definition) is 3. The van der Waals surface area contributed by atoms with Crippen molar-refractivity contribution in [2.24, 2.45) is 5.92 Å². The van der Waals surface area contributed by atoms with Crippen LogP contribution in [-0.2, 0) is 29.1 Å². The molecule has 318 valence electrons. The molecule has 0 bridgehead atoms. The van der Waals surface area contributed by atoms with Crippen molar-refractivity contribution in [3.8, 4) is 17.3 Å². The molecule has 2 aliphatic carbocycles. The number of nitrogens with zero attached hydrogens (tertiary/aromatic N) is 3. The molecule has 2 aliphatic heterocycles. The summed E-state index contributed by atoms with van der Waals surface area (Å²) in [6.07, 6.45) is 6.10. The number of alkyl carbamates (subject to hydrolysis) is 1. The number of rotatable bonds is 7. The summed E-state index contributed by atoms with van der Waals surface area (Å²) < 4.78 is 60.4. The van der Waals surface area contributed by atoms with Crippen molar-refractivity contribution in [2.45, 2.75) is 120 Å². The number of nitrogens with one attached hydrogen (secondary N) is 3. The molecule has 3 fully saturated rings. The molecule has 17 heteroatoms. The fourth-order valence-electron chi connectivity index (χ4n) is 8.00. The van der Waals surface area contributed by atoms with Crippen LogP contribution in [0.4, 0.5) is 9.18 Å². The van der Waals surface area contributed by atoms with Gasteiger partial charge in [-0.05, 0) is 103 Å². The van der Waals surface area contributed by atoms with Gasteiger partial charge >= 0.3 is 6.09 Å². The van der Waals surface area contributed by atoms with Crippen molar-refractivity contribution >= 4 is 55.9 Å². The third-order valence-corrected chi connectivity index (χ3v) is 13.2. The highest BCUT2D eigenvalue weighted by molar-refractivity contribution is 7.91. The molecule has 5 atom stereocenters. The lowest BCUT2D eigenvalue weighted by Crippen LogP contribution is -2.58. The molecule has 2 aromatic carbocycles. The fraction of sp³-hybridized carbons (Fsp3) is 0.488. The highest BCUT2D eigenvalue weighted by Gasteiger charge is 2.62. The molecular formula is C43H49FN6O9S. The Kier molecular flexibility index (Phi) is 10.8. The van der Waals surface area contributed by atoms with E-state index in [2.05, 4.69) is 15.4 Å². The van der Waals surface area contributed by atoms with E-state index >= 15 is 0 Å². The summed E-state index contributed by atoms with van der Waals surface area (Å²) in [4.78, 5) is 67.1. The number of ether oxygens (including phenoxy) is 2. The Morgan fingerprint density at radius 3 is 2.53 bits per heavy atom. The van der Waals surface area contributed by atoms with E-state index in [1.165, 1.54) is 17.0 Å². The molecule has 4 aliphatic rings. The topological polar surface area (TPSA) is 199 Å². The predicted molar refractivity (Wildman–Crippen MR) is 218 cm³/mol. The predicted octanol–water partition coefficient (Wildman–Crippen LogP) is 5.74.